The van der Waals surface area contributed by atoms with E-state index in [2.05, 4.69) is 10.3 Å². The molecule has 1 aliphatic heterocycles. The first-order valence-corrected chi connectivity index (χ1v) is 11.5. The van der Waals surface area contributed by atoms with Crippen molar-refractivity contribution in [2.75, 3.05) is 5.32 Å². The third-order valence-electron chi connectivity index (χ3n) is 4.80. The van der Waals surface area contributed by atoms with E-state index in [1.165, 1.54) is 11.8 Å². The molecular formula is C24H19Cl2N3O2S. The Labute approximate surface area is 200 Å². The zero-order valence-electron chi connectivity index (χ0n) is 16.9. The average molecular weight is 484 g/mol. The van der Waals surface area contributed by atoms with Gasteiger partial charge in [-0.15, -0.1) is 0 Å². The van der Waals surface area contributed by atoms with Crippen molar-refractivity contribution in [3.05, 3.63) is 94.5 Å². The predicted octanol–water partition coefficient (Wildman–Crippen LogP) is 6.15. The van der Waals surface area contributed by atoms with Crippen LogP contribution in [0.15, 0.2) is 83.9 Å². The highest BCUT2D eigenvalue weighted by atomic mass is 35.5. The summed E-state index contributed by atoms with van der Waals surface area (Å²) in [6.07, 6.45) is 0.0579. The minimum Gasteiger partial charge on any atom is -0.324 e. The number of aliphatic imine (C=N–C) groups is 1. The van der Waals surface area contributed by atoms with Crippen LogP contribution in [0.1, 0.15) is 12.0 Å². The summed E-state index contributed by atoms with van der Waals surface area (Å²) >= 11 is 13.4. The SMILES string of the molecule is O=C(Nc1ccccc1Cl)C1CC(=O)N(Cc2ccc(Cl)cc2)C(=Nc2ccccc2)S1. The van der Waals surface area contributed by atoms with Crippen molar-refractivity contribution in [3.8, 4) is 0 Å². The Kier molecular flexibility index (Phi) is 7.15. The van der Waals surface area contributed by atoms with Gasteiger partial charge in [0.05, 0.1) is 22.9 Å². The molecule has 1 atom stereocenters. The number of rotatable bonds is 5. The van der Waals surface area contributed by atoms with Gasteiger partial charge in [0.15, 0.2) is 5.17 Å². The zero-order valence-corrected chi connectivity index (χ0v) is 19.2. The Morgan fingerprint density at radius 2 is 1.69 bits per heavy atom. The van der Waals surface area contributed by atoms with E-state index in [1.54, 1.807) is 41.3 Å². The highest BCUT2D eigenvalue weighted by Crippen LogP contribution is 2.32. The maximum Gasteiger partial charge on any atom is 0.238 e. The number of thioether (sulfide) groups is 1. The second kappa shape index (κ2) is 10.2. The fraction of sp³-hybridized carbons (Fsp3) is 0.125. The third kappa shape index (κ3) is 5.51. The molecule has 3 aromatic carbocycles. The molecule has 5 nitrogen and oxygen atoms in total. The molecule has 0 radical (unpaired) electrons. The van der Waals surface area contributed by atoms with Crippen LogP contribution >= 0.6 is 35.0 Å². The molecule has 0 aliphatic carbocycles. The van der Waals surface area contributed by atoms with Crippen LogP contribution in [-0.2, 0) is 16.1 Å². The standard InChI is InChI=1S/C24H19Cl2N3O2S/c25-17-12-10-16(11-13-17)15-29-22(30)14-21(23(31)28-20-9-5-4-8-19(20)26)32-24(29)27-18-6-2-1-3-7-18/h1-13,21H,14-15H2,(H,28,31). The van der Waals surface area contributed by atoms with Crippen LogP contribution in [0, 0.1) is 0 Å². The molecule has 162 valence electrons. The van der Waals surface area contributed by atoms with E-state index >= 15 is 0 Å². The van der Waals surface area contributed by atoms with Crippen LogP contribution in [0.3, 0.4) is 0 Å². The molecule has 1 heterocycles. The van der Waals surface area contributed by atoms with Gasteiger partial charge in [-0.05, 0) is 42.0 Å². The average Bonchev–Trinajstić information content (AvgIpc) is 2.79. The smallest absolute Gasteiger partial charge is 0.238 e. The minimum atomic E-state index is -0.622. The van der Waals surface area contributed by atoms with E-state index in [9.17, 15) is 9.59 Å². The van der Waals surface area contributed by atoms with Gasteiger partial charge in [-0.3, -0.25) is 14.5 Å². The number of hydrogen-bond acceptors (Lipinski definition) is 4. The highest BCUT2D eigenvalue weighted by molar-refractivity contribution is 8.15. The van der Waals surface area contributed by atoms with E-state index in [1.807, 2.05) is 42.5 Å². The largest absolute Gasteiger partial charge is 0.324 e. The number of carbonyl (C=O) groups is 2. The van der Waals surface area contributed by atoms with E-state index in [0.29, 0.717) is 33.1 Å². The highest BCUT2D eigenvalue weighted by Gasteiger charge is 2.36. The molecule has 0 bridgehead atoms. The number of amides is 2. The summed E-state index contributed by atoms with van der Waals surface area (Å²) in [7, 11) is 0. The van der Waals surface area contributed by atoms with Gasteiger partial charge in [-0.1, -0.05) is 77.4 Å². The molecule has 1 aliphatic rings. The summed E-state index contributed by atoms with van der Waals surface area (Å²) < 4.78 is 0. The third-order valence-corrected chi connectivity index (χ3v) is 6.57. The Morgan fingerprint density at radius 1 is 1.00 bits per heavy atom. The minimum absolute atomic E-state index is 0.0579. The van der Waals surface area contributed by atoms with Gasteiger partial charge >= 0.3 is 0 Å². The number of nitrogens with one attached hydrogen (secondary N) is 1. The van der Waals surface area contributed by atoms with Crippen molar-refractivity contribution >= 4 is 63.3 Å². The van der Waals surface area contributed by atoms with Gasteiger partial charge in [-0.25, -0.2) is 4.99 Å². The molecule has 0 spiro atoms. The van der Waals surface area contributed by atoms with Crippen LogP contribution in [0.25, 0.3) is 0 Å². The predicted molar refractivity (Wildman–Crippen MR) is 132 cm³/mol. The summed E-state index contributed by atoms with van der Waals surface area (Å²) in [5.74, 6) is -0.462. The van der Waals surface area contributed by atoms with Gasteiger partial charge in [0.25, 0.3) is 0 Å². The van der Waals surface area contributed by atoms with E-state index in [-0.39, 0.29) is 18.2 Å². The summed E-state index contributed by atoms with van der Waals surface area (Å²) in [5, 5.41) is 3.74. The van der Waals surface area contributed by atoms with Gasteiger partial charge in [0.1, 0.15) is 5.25 Å². The fourth-order valence-electron chi connectivity index (χ4n) is 3.16. The number of para-hydroxylation sites is 2. The van der Waals surface area contributed by atoms with Gasteiger partial charge < -0.3 is 5.32 Å². The number of anilines is 1. The molecule has 32 heavy (non-hydrogen) atoms. The second-order valence-corrected chi connectivity index (χ2v) is 9.13. The summed E-state index contributed by atoms with van der Waals surface area (Å²) in [5.41, 5.74) is 2.14. The van der Waals surface area contributed by atoms with Crippen molar-refractivity contribution in [3.63, 3.8) is 0 Å². The lowest BCUT2D eigenvalue weighted by atomic mass is 10.2. The molecule has 1 N–H and O–H groups in total. The Balaban J connectivity index is 1.59. The number of benzene rings is 3. The second-order valence-electron chi connectivity index (χ2n) is 7.12. The van der Waals surface area contributed by atoms with Gasteiger partial charge in [0, 0.05) is 11.4 Å². The zero-order chi connectivity index (χ0) is 22.5. The van der Waals surface area contributed by atoms with Crippen molar-refractivity contribution < 1.29 is 9.59 Å². The van der Waals surface area contributed by atoms with Gasteiger partial charge in [0.2, 0.25) is 11.8 Å². The van der Waals surface area contributed by atoms with Crippen molar-refractivity contribution in [1.29, 1.82) is 0 Å². The van der Waals surface area contributed by atoms with Crippen molar-refractivity contribution in [1.82, 2.24) is 4.90 Å². The lowest BCUT2D eigenvalue weighted by Gasteiger charge is -2.32. The number of carbonyl (C=O) groups excluding carboxylic acids is 2. The van der Waals surface area contributed by atoms with Crippen LogP contribution in [0.2, 0.25) is 10.0 Å². The molecule has 8 heteroatoms. The van der Waals surface area contributed by atoms with Crippen LogP contribution < -0.4 is 5.32 Å². The van der Waals surface area contributed by atoms with Crippen LogP contribution in [0.5, 0.6) is 0 Å². The van der Waals surface area contributed by atoms with E-state index < -0.39 is 5.25 Å². The van der Waals surface area contributed by atoms with Crippen molar-refractivity contribution in [2.45, 2.75) is 18.2 Å². The maximum atomic E-state index is 13.1. The molecule has 1 unspecified atom stereocenters. The van der Waals surface area contributed by atoms with E-state index in [0.717, 1.165) is 5.56 Å². The molecule has 1 fully saturated rings. The molecule has 0 aromatic heterocycles. The number of halogens is 2. The maximum absolute atomic E-state index is 13.1. The van der Waals surface area contributed by atoms with Crippen molar-refractivity contribution in [2.24, 2.45) is 4.99 Å². The number of hydrogen-bond donors (Lipinski definition) is 1. The van der Waals surface area contributed by atoms with Crippen LogP contribution in [0.4, 0.5) is 11.4 Å². The Bertz CT molecular complexity index is 1150. The fourth-order valence-corrected chi connectivity index (χ4v) is 4.56. The molecule has 4 rings (SSSR count). The van der Waals surface area contributed by atoms with Crippen LogP contribution in [-0.4, -0.2) is 27.1 Å². The normalized spacial score (nSPS) is 17.4. The first kappa shape index (κ1) is 22.4. The molecule has 3 aromatic rings. The molecular weight excluding hydrogens is 465 g/mol. The van der Waals surface area contributed by atoms with Gasteiger partial charge in [-0.2, -0.15) is 0 Å². The first-order chi connectivity index (χ1) is 15.5. The summed E-state index contributed by atoms with van der Waals surface area (Å²) in [6.45, 7) is 0.341. The first-order valence-electron chi connectivity index (χ1n) is 9.90. The molecule has 1 saturated heterocycles. The lowest BCUT2D eigenvalue weighted by Crippen LogP contribution is -2.44. The summed E-state index contributed by atoms with van der Waals surface area (Å²) in [4.78, 5) is 32.3. The topological polar surface area (TPSA) is 61.8 Å². The van der Waals surface area contributed by atoms with E-state index in [4.69, 9.17) is 23.2 Å². The number of amidine groups is 1. The number of nitrogens with zero attached hydrogens (tertiary/aromatic N) is 2. The molecule has 2 amide bonds. The lowest BCUT2D eigenvalue weighted by molar-refractivity contribution is -0.129. The Morgan fingerprint density at radius 3 is 2.41 bits per heavy atom. The summed E-state index contributed by atoms with van der Waals surface area (Å²) in [6, 6.07) is 23.7. The molecule has 0 saturated carbocycles. The monoisotopic (exact) mass is 483 g/mol. The Hall–Kier alpha value is -2.80. The quantitative estimate of drug-likeness (QED) is 0.472.